The summed E-state index contributed by atoms with van der Waals surface area (Å²) in [6, 6.07) is 1.98. The predicted molar refractivity (Wildman–Crippen MR) is 60.0 cm³/mol. The summed E-state index contributed by atoms with van der Waals surface area (Å²) in [5, 5.41) is 7.28. The van der Waals surface area contributed by atoms with Crippen molar-refractivity contribution in [2.75, 3.05) is 6.54 Å². The van der Waals surface area contributed by atoms with Gasteiger partial charge in [0.15, 0.2) is 0 Å². The van der Waals surface area contributed by atoms with Gasteiger partial charge in [-0.3, -0.25) is 0 Å². The van der Waals surface area contributed by atoms with E-state index < -0.39 is 0 Å². The molecule has 17 heavy (non-hydrogen) atoms. The first kappa shape index (κ1) is 10.3. The Bertz CT molecular complexity index is 518. The molecular weight excluding hydrogens is 218 g/mol. The van der Waals surface area contributed by atoms with Crippen LogP contribution in [0.4, 0.5) is 0 Å². The van der Waals surface area contributed by atoms with Crippen LogP contribution in [0, 0.1) is 6.92 Å². The Morgan fingerprint density at radius 1 is 1.41 bits per heavy atom. The second-order valence-corrected chi connectivity index (χ2v) is 4.09. The molecule has 2 aromatic heterocycles. The van der Waals surface area contributed by atoms with Gasteiger partial charge >= 0.3 is 0 Å². The maximum atomic E-state index is 5.26. The molecule has 0 aromatic carbocycles. The first-order valence-corrected chi connectivity index (χ1v) is 5.70. The lowest BCUT2D eigenvalue weighted by molar-refractivity contribution is 0.345. The molecule has 1 saturated heterocycles. The highest BCUT2D eigenvalue weighted by Crippen LogP contribution is 2.23. The number of nitrogens with one attached hydrogen (secondary N) is 1. The Labute approximate surface area is 98.5 Å². The topological polar surface area (TPSA) is 76.7 Å². The van der Waals surface area contributed by atoms with E-state index in [2.05, 4.69) is 25.4 Å². The van der Waals surface area contributed by atoms with Crippen molar-refractivity contribution < 1.29 is 4.52 Å². The highest BCUT2D eigenvalue weighted by atomic mass is 16.5. The molecule has 1 aliphatic heterocycles. The molecule has 0 spiro atoms. The molecule has 3 rings (SSSR count). The second kappa shape index (κ2) is 4.21. The standard InChI is InChI=1S/C11H13N5O/c1-7-12-6-4-8(14-7)10-15-11(17-16-10)9-3-2-5-13-9/h4,6,9,13H,2-3,5H2,1H3/t9-/m0/s1. The normalized spacial score (nSPS) is 19.7. The lowest BCUT2D eigenvalue weighted by Crippen LogP contribution is -2.12. The minimum absolute atomic E-state index is 0.194. The number of nitrogens with zero attached hydrogens (tertiary/aromatic N) is 4. The first-order valence-electron chi connectivity index (χ1n) is 5.70. The molecule has 6 nitrogen and oxygen atoms in total. The summed E-state index contributed by atoms with van der Waals surface area (Å²) in [5.41, 5.74) is 0.700. The maximum absolute atomic E-state index is 5.26. The van der Waals surface area contributed by atoms with Gasteiger partial charge in [0.1, 0.15) is 11.5 Å². The molecular formula is C11H13N5O. The third-order valence-corrected chi connectivity index (χ3v) is 2.81. The first-order chi connectivity index (χ1) is 8.33. The fourth-order valence-corrected chi connectivity index (χ4v) is 1.96. The Hall–Kier alpha value is -1.82. The van der Waals surface area contributed by atoms with Gasteiger partial charge in [-0.2, -0.15) is 4.98 Å². The lowest BCUT2D eigenvalue weighted by atomic mass is 10.2. The molecule has 6 heteroatoms. The molecule has 0 radical (unpaired) electrons. The maximum Gasteiger partial charge on any atom is 0.244 e. The summed E-state index contributed by atoms with van der Waals surface area (Å²) in [5.74, 6) is 1.88. The van der Waals surface area contributed by atoms with Crippen LogP contribution in [0.15, 0.2) is 16.8 Å². The van der Waals surface area contributed by atoms with E-state index in [1.165, 1.54) is 0 Å². The van der Waals surface area contributed by atoms with Gasteiger partial charge in [-0.25, -0.2) is 9.97 Å². The summed E-state index contributed by atoms with van der Waals surface area (Å²) in [6.07, 6.45) is 3.89. The largest absolute Gasteiger partial charge is 0.337 e. The van der Waals surface area contributed by atoms with Crippen molar-refractivity contribution >= 4 is 0 Å². The highest BCUT2D eigenvalue weighted by molar-refractivity contribution is 5.47. The average molecular weight is 231 g/mol. The van der Waals surface area contributed by atoms with Gasteiger partial charge in [-0.15, -0.1) is 0 Å². The zero-order valence-electron chi connectivity index (χ0n) is 9.55. The minimum atomic E-state index is 0.194. The predicted octanol–water partition coefficient (Wildman–Crippen LogP) is 1.26. The molecule has 3 heterocycles. The van der Waals surface area contributed by atoms with Gasteiger partial charge in [-0.1, -0.05) is 5.16 Å². The summed E-state index contributed by atoms with van der Waals surface area (Å²) in [6.45, 7) is 2.85. The number of rotatable bonds is 2. The van der Waals surface area contributed by atoms with Crippen LogP contribution in [-0.2, 0) is 0 Å². The van der Waals surface area contributed by atoms with Crippen LogP contribution < -0.4 is 5.32 Å². The fourth-order valence-electron chi connectivity index (χ4n) is 1.96. The summed E-state index contributed by atoms with van der Waals surface area (Å²) < 4.78 is 5.26. The Morgan fingerprint density at radius 3 is 3.12 bits per heavy atom. The zero-order valence-corrected chi connectivity index (χ0v) is 9.55. The van der Waals surface area contributed by atoms with Gasteiger partial charge < -0.3 is 9.84 Å². The van der Waals surface area contributed by atoms with Crippen molar-refractivity contribution in [1.29, 1.82) is 0 Å². The van der Waals surface area contributed by atoms with Gasteiger partial charge in [-0.05, 0) is 32.4 Å². The van der Waals surface area contributed by atoms with Gasteiger partial charge in [0.05, 0.1) is 6.04 Å². The number of hydrogen-bond acceptors (Lipinski definition) is 6. The van der Waals surface area contributed by atoms with Crippen LogP contribution in [0.25, 0.3) is 11.5 Å². The van der Waals surface area contributed by atoms with E-state index in [1.54, 1.807) is 12.3 Å². The van der Waals surface area contributed by atoms with E-state index in [0.717, 1.165) is 19.4 Å². The van der Waals surface area contributed by atoms with Gasteiger partial charge in [0.2, 0.25) is 11.7 Å². The minimum Gasteiger partial charge on any atom is -0.337 e. The molecule has 1 fully saturated rings. The SMILES string of the molecule is Cc1nccc(-c2noc([C@@H]3CCCN3)n2)n1. The fraction of sp³-hybridized carbons (Fsp3) is 0.455. The van der Waals surface area contributed by atoms with E-state index in [0.29, 0.717) is 23.2 Å². The molecule has 0 saturated carbocycles. The number of aryl methyl sites for hydroxylation is 1. The van der Waals surface area contributed by atoms with E-state index in [-0.39, 0.29) is 6.04 Å². The monoisotopic (exact) mass is 231 g/mol. The summed E-state index contributed by atoms with van der Waals surface area (Å²) in [7, 11) is 0. The number of aromatic nitrogens is 4. The zero-order chi connectivity index (χ0) is 11.7. The molecule has 0 unspecified atom stereocenters. The molecule has 0 amide bonds. The molecule has 88 valence electrons. The Kier molecular flexibility index (Phi) is 2.56. The van der Waals surface area contributed by atoms with Crippen molar-refractivity contribution in [1.82, 2.24) is 25.4 Å². The molecule has 1 aliphatic rings. The third kappa shape index (κ3) is 2.03. The van der Waals surface area contributed by atoms with Crippen LogP contribution in [0.2, 0.25) is 0 Å². The van der Waals surface area contributed by atoms with E-state index >= 15 is 0 Å². The van der Waals surface area contributed by atoms with Crippen molar-refractivity contribution in [3.8, 4) is 11.5 Å². The smallest absolute Gasteiger partial charge is 0.244 e. The summed E-state index contributed by atoms with van der Waals surface area (Å²) >= 11 is 0. The average Bonchev–Trinajstić information content (AvgIpc) is 3.00. The van der Waals surface area contributed by atoms with Crippen molar-refractivity contribution in [3.63, 3.8) is 0 Å². The van der Waals surface area contributed by atoms with Crippen molar-refractivity contribution in [2.45, 2.75) is 25.8 Å². The second-order valence-electron chi connectivity index (χ2n) is 4.09. The van der Waals surface area contributed by atoms with Gasteiger partial charge in [0.25, 0.3) is 0 Å². The Balaban J connectivity index is 1.89. The third-order valence-electron chi connectivity index (χ3n) is 2.81. The molecule has 0 aliphatic carbocycles. The molecule has 1 N–H and O–H groups in total. The van der Waals surface area contributed by atoms with Crippen LogP contribution in [0.3, 0.4) is 0 Å². The van der Waals surface area contributed by atoms with E-state index in [4.69, 9.17) is 4.52 Å². The lowest BCUT2D eigenvalue weighted by Gasteiger charge is -2.01. The van der Waals surface area contributed by atoms with E-state index in [1.807, 2.05) is 6.92 Å². The molecule has 0 bridgehead atoms. The van der Waals surface area contributed by atoms with Crippen LogP contribution >= 0.6 is 0 Å². The quantitative estimate of drug-likeness (QED) is 0.838. The van der Waals surface area contributed by atoms with Crippen LogP contribution in [-0.4, -0.2) is 26.7 Å². The highest BCUT2D eigenvalue weighted by Gasteiger charge is 2.22. The van der Waals surface area contributed by atoms with Crippen LogP contribution in [0.5, 0.6) is 0 Å². The van der Waals surface area contributed by atoms with Gasteiger partial charge in [0, 0.05) is 6.20 Å². The Morgan fingerprint density at radius 2 is 2.35 bits per heavy atom. The number of hydrogen-bond donors (Lipinski definition) is 1. The summed E-state index contributed by atoms with van der Waals surface area (Å²) in [4.78, 5) is 12.7. The van der Waals surface area contributed by atoms with Crippen LogP contribution in [0.1, 0.15) is 30.6 Å². The molecule has 2 aromatic rings. The molecule has 1 atom stereocenters. The van der Waals surface area contributed by atoms with Crippen molar-refractivity contribution in [2.24, 2.45) is 0 Å². The van der Waals surface area contributed by atoms with E-state index in [9.17, 15) is 0 Å². The van der Waals surface area contributed by atoms with Crippen molar-refractivity contribution in [3.05, 3.63) is 24.0 Å².